The number of thiophene rings is 1. The predicted molar refractivity (Wildman–Crippen MR) is 66.4 cm³/mol. The van der Waals surface area contributed by atoms with Crippen molar-refractivity contribution in [1.82, 2.24) is 0 Å². The summed E-state index contributed by atoms with van der Waals surface area (Å²) in [5.74, 6) is 0. The van der Waals surface area contributed by atoms with Crippen LogP contribution in [0, 0.1) is 0 Å². The quantitative estimate of drug-likeness (QED) is 0.701. The van der Waals surface area contributed by atoms with Crippen molar-refractivity contribution in [2.24, 2.45) is 0 Å². The highest BCUT2D eigenvalue weighted by atomic mass is 32.1. The van der Waals surface area contributed by atoms with Gasteiger partial charge in [0.05, 0.1) is 13.2 Å². The molecule has 0 amide bonds. The molecule has 1 aliphatic rings. The van der Waals surface area contributed by atoms with Crippen molar-refractivity contribution in [2.45, 2.75) is 32.6 Å². The maximum Gasteiger partial charge on any atom is 0.0653 e. The summed E-state index contributed by atoms with van der Waals surface area (Å²) in [4.78, 5) is 2.88. The summed E-state index contributed by atoms with van der Waals surface area (Å²) < 4.78 is 5.32. The van der Waals surface area contributed by atoms with Gasteiger partial charge in [-0.05, 0) is 29.5 Å². The van der Waals surface area contributed by atoms with E-state index in [1.807, 2.05) is 11.3 Å². The van der Waals surface area contributed by atoms with Crippen LogP contribution in [0.15, 0.2) is 18.2 Å². The van der Waals surface area contributed by atoms with Gasteiger partial charge >= 0.3 is 0 Å². The minimum atomic E-state index is 0.272. The van der Waals surface area contributed by atoms with E-state index >= 15 is 0 Å². The summed E-state index contributed by atoms with van der Waals surface area (Å²) in [6.07, 6.45) is 3.27. The van der Waals surface area contributed by atoms with Crippen molar-refractivity contribution in [3.05, 3.63) is 28.0 Å². The second kappa shape index (κ2) is 4.11. The lowest BCUT2D eigenvalue weighted by Crippen LogP contribution is -2.07. The number of hydrogen-bond donors (Lipinski definition) is 0. The largest absolute Gasteiger partial charge is 0.377 e. The summed E-state index contributed by atoms with van der Waals surface area (Å²) in [5.41, 5.74) is 1.73. The van der Waals surface area contributed by atoms with Gasteiger partial charge in [0.1, 0.15) is 0 Å². The number of hydrogen-bond acceptors (Lipinski definition) is 2. The van der Waals surface area contributed by atoms with Gasteiger partial charge in [-0.15, -0.1) is 11.3 Å². The predicted octanol–water partition coefficient (Wildman–Crippen LogP) is 3.85. The molecule has 0 radical (unpaired) electrons. The maximum atomic E-state index is 5.32. The Morgan fingerprint density at radius 1 is 1.27 bits per heavy atom. The zero-order valence-electron chi connectivity index (χ0n) is 9.67. The molecule has 0 spiro atoms. The molecule has 0 unspecified atom stereocenters. The highest BCUT2D eigenvalue weighted by molar-refractivity contribution is 7.13. The van der Waals surface area contributed by atoms with Gasteiger partial charge in [-0.1, -0.05) is 26.8 Å². The molecule has 2 rings (SSSR count). The van der Waals surface area contributed by atoms with Gasteiger partial charge in [0, 0.05) is 9.75 Å². The fraction of sp³-hybridized carbons (Fsp3) is 0.538. The normalized spacial score (nSPS) is 17.7. The van der Waals surface area contributed by atoms with E-state index < -0.39 is 0 Å². The summed E-state index contributed by atoms with van der Waals surface area (Å²) in [6, 6.07) is 4.51. The van der Waals surface area contributed by atoms with Crippen molar-refractivity contribution in [3.8, 4) is 0 Å². The van der Waals surface area contributed by atoms with E-state index in [1.54, 1.807) is 0 Å². The van der Waals surface area contributed by atoms with E-state index in [1.165, 1.54) is 15.3 Å². The van der Waals surface area contributed by atoms with Crippen LogP contribution < -0.4 is 0 Å². The van der Waals surface area contributed by atoms with Gasteiger partial charge in [-0.2, -0.15) is 0 Å². The van der Waals surface area contributed by atoms with E-state index in [2.05, 4.69) is 39.0 Å². The van der Waals surface area contributed by atoms with E-state index in [-0.39, 0.29) is 5.41 Å². The molecule has 2 heterocycles. The Kier molecular flexibility index (Phi) is 2.98. The van der Waals surface area contributed by atoms with Crippen LogP contribution in [0.5, 0.6) is 0 Å². The SMILES string of the molecule is CC(C)(C)c1ccc(C2=CCOCC2)s1. The molecule has 1 aromatic heterocycles. The van der Waals surface area contributed by atoms with Crippen molar-refractivity contribution in [3.63, 3.8) is 0 Å². The van der Waals surface area contributed by atoms with Crippen molar-refractivity contribution in [1.29, 1.82) is 0 Å². The lowest BCUT2D eigenvalue weighted by molar-refractivity contribution is 0.161. The first kappa shape index (κ1) is 10.9. The lowest BCUT2D eigenvalue weighted by Gasteiger charge is -2.16. The average molecular weight is 222 g/mol. The highest BCUT2D eigenvalue weighted by Crippen LogP contribution is 2.34. The molecule has 0 fully saturated rings. The number of ether oxygens (including phenoxy) is 1. The Balaban J connectivity index is 2.23. The van der Waals surface area contributed by atoms with Crippen molar-refractivity contribution < 1.29 is 4.74 Å². The van der Waals surface area contributed by atoms with Gasteiger partial charge in [0.2, 0.25) is 0 Å². The molecule has 82 valence electrons. The van der Waals surface area contributed by atoms with Crippen LogP contribution in [0.3, 0.4) is 0 Å². The monoisotopic (exact) mass is 222 g/mol. The summed E-state index contributed by atoms with van der Waals surface area (Å²) >= 11 is 1.92. The van der Waals surface area contributed by atoms with Crippen LogP contribution in [0.2, 0.25) is 0 Å². The first-order valence-electron chi connectivity index (χ1n) is 5.45. The molecule has 1 aromatic rings. The standard InChI is InChI=1S/C13H18OS/c1-13(2,3)12-5-4-11(15-12)10-6-8-14-9-7-10/h4-6H,7-9H2,1-3H3. The summed E-state index contributed by atoms with van der Waals surface area (Å²) in [7, 11) is 0. The van der Waals surface area contributed by atoms with Gasteiger partial charge in [-0.3, -0.25) is 0 Å². The minimum absolute atomic E-state index is 0.272. The molecule has 15 heavy (non-hydrogen) atoms. The Morgan fingerprint density at radius 3 is 2.60 bits per heavy atom. The van der Waals surface area contributed by atoms with E-state index in [0.717, 1.165) is 19.6 Å². The fourth-order valence-corrected chi connectivity index (χ4v) is 2.80. The molecule has 0 atom stereocenters. The smallest absolute Gasteiger partial charge is 0.0653 e. The topological polar surface area (TPSA) is 9.23 Å². The third-order valence-corrected chi connectivity index (χ3v) is 4.21. The molecular formula is C13H18OS. The van der Waals surface area contributed by atoms with E-state index in [4.69, 9.17) is 4.74 Å². The zero-order valence-corrected chi connectivity index (χ0v) is 10.5. The average Bonchev–Trinajstić information content (AvgIpc) is 2.67. The van der Waals surface area contributed by atoms with Crippen molar-refractivity contribution in [2.75, 3.05) is 13.2 Å². The highest BCUT2D eigenvalue weighted by Gasteiger charge is 2.17. The molecule has 0 bridgehead atoms. The molecule has 1 aliphatic heterocycles. The third kappa shape index (κ3) is 2.50. The summed E-state index contributed by atoms with van der Waals surface area (Å²) in [6.45, 7) is 8.44. The van der Waals surface area contributed by atoms with Crippen LogP contribution >= 0.6 is 11.3 Å². The maximum absolute atomic E-state index is 5.32. The molecule has 0 aliphatic carbocycles. The molecule has 0 N–H and O–H groups in total. The molecule has 0 saturated heterocycles. The van der Waals surface area contributed by atoms with E-state index in [0.29, 0.717) is 0 Å². The Bertz CT molecular complexity index is 368. The first-order valence-corrected chi connectivity index (χ1v) is 6.26. The van der Waals surface area contributed by atoms with Crippen LogP contribution in [-0.4, -0.2) is 13.2 Å². The fourth-order valence-electron chi connectivity index (χ4n) is 1.66. The second-order valence-electron chi connectivity index (χ2n) is 4.97. The molecule has 0 aromatic carbocycles. The van der Waals surface area contributed by atoms with Crippen molar-refractivity contribution >= 4 is 16.9 Å². The zero-order chi connectivity index (χ0) is 10.9. The van der Waals surface area contributed by atoms with Crippen LogP contribution in [-0.2, 0) is 10.2 Å². The minimum Gasteiger partial charge on any atom is -0.377 e. The lowest BCUT2D eigenvalue weighted by atomic mass is 9.95. The van der Waals surface area contributed by atoms with Gasteiger partial charge < -0.3 is 4.74 Å². The first-order chi connectivity index (χ1) is 7.07. The summed E-state index contributed by atoms with van der Waals surface area (Å²) in [5, 5.41) is 0. The van der Waals surface area contributed by atoms with Gasteiger partial charge in [0.15, 0.2) is 0 Å². The van der Waals surface area contributed by atoms with E-state index in [9.17, 15) is 0 Å². The molecular weight excluding hydrogens is 204 g/mol. The second-order valence-corrected chi connectivity index (χ2v) is 6.05. The Labute approximate surface area is 95.8 Å². The van der Waals surface area contributed by atoms with Gasteiger partial charge in [-0.25, -0.2) is 0 Å². The van der Waals surface area contributed by atoms with Crippen LogP contribution in [0.25, 0.3) is 5.57 Å². The molecule has 1 nitrogen and oxygen atoms in total. The van der Waals surface area contributed by atoms with Gasteiger partial charge in [0.25, 0.3) is 0 Å². The Morgan fingerprint density at radius 2 is 2.07 bits per heavy atom. The van der Waals surface area contributed by atoms with Crippen LogP contribution in [0.4, 0.5) is 0 Å². The van der Waals surface area contributed by atoms with Crippen LogP contribution in [0.1, 0.15) is 36.9 Å². The number of rotatable bonds is 1. The molecule has 2 heteroatoms. The third-order valence-electron chi connectivity index (χ3n) is 2.63. The Hall–Kier alpha value is -0.600. The molecule has 0 saturated carbocycles.